The van der Waals surface area contributed by atoms with E-state index in [1.54, 1.807) is 25.6 Å². The number of hydrogen-bond donors (Lipinski definition) is 2. The molecular weight excluding hydrogens is 252 g/mol. The number of nitrogens with zero attached hydrogens (tertiary/aromatic N) is 2. The molecule has 1 aromatic rings. The van der Waals surface area contributed by atoms with Crippen LogP contribution in [0, 0.1) is 0 Å². The Labute approximate surface area is 112 Å². The molecule has 18 heavy (non-hydrogen) atoms. The van der Waals surface area contributed by atoms with E-state index in [0.717, 1.165) is 18.2 Å². The fourth-order valence-electron chi connectivity index (χ4n) is 1.66. The fraction of sp³-hybridized carbons (Fsp3) is 0.727. The molecule has 0 spiro atoms. The van der Waals surface area contributed by atoms with Gasteiger partial charge in [-0.2, -0.15) is 0 Å². The van der Waals surface area contributed by atoms with Crippen LogP contribution in [0.5, 0.6) is 0 Å². The van der Waals surface area contributed by atoms with Crippen LogP contribution in [0.4, 0.5) is 5.13 Å². The number of hydrazine groups is 1. The van der Waals surface area contributed by atoms with Crippen molar-refractivity contribution < 1.29 is 9.47 Å². The largest absolute Gasteiger partial charge is 0.383 e. The molecule has 1 unspecified atom stereocenters. The molecular formula is C11H22N4O2S. The number of rotatable bonds is 9. The van der Waals surface area contributed by atoms with E-state index in [0.29, 0.717) is 19.3 Å². The highest BCUT2D eigenvalue weighted by molar-refractivity contribution is 7.15. The molecule has 1 rings (SSSR count). The normalized spacial score (nSPS) is 12.9. The van der Waals surface area contributed by atoms with Crippen molar-refractivity contribution in [2.45, 2.75) is 19.5 Å². The molecule has 0 radical (unpaired) electrons. The number of methoxy groups -OCH3 is 2. The molecule has 0 aliphatic carbocycles. The van der Waals surface area contributed by atoms with Gasteiger partial charge in [-0.3, -0.25) is 10.3 Å². The quantitative estimate of drug-likeness (QED) is 0.515. The standard InChI is InChI=1S/C11H22N4O2S/c1-9(8-17-3)15(4-5-16-2)7-10-6-13-11(14-12)18-10/h6,9H,4-5,7-8,12H2,1-3H3,(H,13,14). The van der Waals surface area contributed by atoms with E-state index in [4.69, 9.17) is 15.3 Å². The number of nitrogen functional groups attached to an aromatic ring is 1. The van der Waals surface area contributed by atoms with Gasteiger partial charge >= 0.3 is 0 Å². The van der Waals surface area contributed by atoms with E-state index < -0.39 is 0 Å². The lowest BCUT2D eigenvalue weighted by Crippen LogP contribution is -2.37. The van der Waals surface area contributed by atoms with Gasteiger partial charge in [-0.25, -0.2) is 10.8 Å². The zero-order valence-electron chi connectivity index (χ0n) is 11.2. The van der Waals surface area contributed by atoms with Gasteiger partial charge < -0.3 is 9.47 Å². The fourth-order valence-corrected chi connectivity index (χ4v) is 2.41. The summed E-state index contributed by atoms with van der Waals surface area (Å²) in [6.07, 6.45) is 1.85. The number of aromatic nitrogens is 1. The molecule has 0 saturated carbocycles. The van der Waals surface area contributed by atoms with Gasteiger partial charge in [-0.15, -0.1) is 0 Å². The molecule has 1 aromatic heterocycles. The van der Waals surface area contributed by atoms with Gasteiger partial charge in [0.25, 0.3) is 0 Å². The van der Waals surface area contributed by atoms with Crippen molar-refractivity contribution >= 4 is 16.5 Å². The summed E-state index contributed by atoms with van der Waals surface area (Å²) in [6.45, 7) is 5.24. The molecule has 0 aliphatic heterocycles. The molecule has 6 nitrogen and oxygen atoms in total. The van der Waals surface area contributed by atoms with E-state index in [9.17, 15) is 0 Å². The van der Waals surface area contributed by atoms with E-state index >= 15 is 0 Å². The molecule has 104 valence electrons. The van der Waals surface area contributed by atoms with Gasteiger partial charge in [0.2, 0.25) is 0 Å². The summed E-state index contributed by atoms with van der Waals surface area (Å²) in [5, 5.41) is 0.732. The molecule has 0 bridgehead atoms. The van der Waals surface area contributed by atoms with Crippen molar-refractivity contribution in [3.8, 4) is 0 Å². The van der Waals surface area contributed by atoms with E-state index in [1.807, 2.05) is 6.20 Å². The minimum absolute atomic E-state index is 0.335. The SMILES string of the molecule is COCCN(Cc1cnc(NN)s1)C(C)COC. The molecule has 1 atom stereocenters. The molecule has 0 saturated heterocycles. The number of nitrogens with one attached hydrogen (secondary N) is 1. The Kier molecular flexibility index (Phi) is 7.14. The molecule has 0 amide bonds. The lowest BCUT2D eigenvalue weighted by molar-refractivity contribution is 0.0711. The summed E-state index contributed by atoms with van der Waals surface area (Å²) in [4.78, 5) is 7.64. The Morgan fingerprint density at radius 1 is 1.50 bits per heavy atom. The maximum Gasteiger partial charge on any atom is 0.197 e. The van der Waals surface area contributed by atoms with Crippen LogP contribution in [0.25, 0.3) is 0 Å². The number of hydrogen-bond acceptors (Lipinski definition) is 7. The van der Waals surface area contributed by atoms with E-state index in [-0.39, 0.29) is 0 Å². The van der Waals surface area contributed by atoms with Crippen molar-refractivity contribution in [2.75, 3.05) is 39.4 Å². The van der Waals surface area contributed by atoms with Crippen LogP contribution in [-0.2, 0) is 16.0 Å². The van der Waals surface area contributed by atoms with Crippen LogP contribution >= 0.6 is 11.3 Å². The average Bonchev–Trinajstić information content (AvgIpc) is 2.82. The van der Waals surface area contributed by atoms with Gasteiger partial charge in [-0.1, -0.05) is 11.3 Å². The summed E-state index contributed by atoms with van der Waals surface area (Å²) < 4.78 is 10.3. The van der Waals surface area contributed by atoms with Gasteiger partial charge in [-0.05, 0) is 6.92 Å². The summed E-state index contributed by atoms with van der Waals surface area (Å²) in [5.41, 5.74) is 2.56. The Hall–Kier alpha value is -0.730. The molecule has 7 heteroatoms. The van der Waals surface area contributed by atoms with Crippen molar-refractivity contribution in [3.63, 3.8) is 0 Å². The minimum atomic E-state index is 0.335. The maximum atomic E-state index is 5.33. The van der Waals surface area contributed by atoms with Crippen molar-refractivity contribution in [3.05, 3.63) is 11.1 Å². The highest BCUT2D eigenvalue weighted by Gasteiger charge is 2.15. The van der Waals surface area contributed by atoms with E-state index in [1.165, 1.54) is 4.88 Å². The predicted molar refractivity (Wildman–Crippen MR) is 73.5 cm³/mol. The molecule has 3 N–H and O–H groups in total. The molecule has 0 fully saturated rings. The highest BCUT2D eigenvalue weighted by atomic mass is 32.1. The number of thiazole rings is 1. The van der Waals surface area contributed by atoms with Crippen LogP contribution in [0.2, 0.25) is 0 Å². The zero-order chi connectivity index (χ0) is 13.4. The van der Waals surface area contributed by atoms with Crippen LogP contribution in [0.15, 0.2) is 6.20 Å². The van der Waals surface area contributed by atoms with Gasteiger partial charge in [0.05, 0.1) is 13.2 Å². The first-order valence-corrected chi connectivity index (χ1v) is 6.66. The van der Waals surface area contributed by atoms with Gasteiger partial charge in [0, 0.05) is 44.4 Å². The highest BCUT2D eigenvalue weighted by Crippen LogP contribution is 2.19. The van der Waals surface area contributed by atoms with Crippen LogP contribution < -0.4 is 11.3 Å². The molecule has 1 heterocycles. The number of nitrogens with two attached hydrogens (primary N) is 1. The van der Waals surface area contributed by atoms with Crippen molar-refractivity contribution in [1.29, 1.82) is 0 Å². The second-order valence-corrected chi connectivity index (χ2v) is 5.16. The van der Waals surface area contributed by atoms with Crippen LogP contribution in [0.1, 0.15) is 11.8 Å². The Morgan fingerprint density at radius 3 is 2.83 bits per heavy atom. The van der Waals surface area contributed by atoms with Crippen molar-refractivity contribution in [2.24, 2.45) is 5.84 Å². The average molecular weight is 274 g/mol. The third-order valence-electron chi connectivity index (χ3n) is 2.65. The second-order valence-electron chi connectivity index (χ2n) is 4.04. The Balaban J connectivity index is 2.58. The first-order chi connectivity index (χ1) is 8.71. The monoisotopic (exact) mass is 274 g/mol. The smallest absolute Gasteiger partial charge is 0.197 e. The lowest BCUT2D eigenvalue weighted by Gasteiger charge is -2.27. The number of ether oxygens (including phenoxy) is 2. The Morgan fingerprint density at radius 2 is 2.28 bits per heavy atom. The zero-order valence-corrected chi connectivity index (χ0v) is 12.0. The van der Waals surface area contributed by atoms with Crippen molar-refractivity contribution in [1.82, 2.24) is 9.88 Å². The third-order valence-corrected chi connectivity index (χ3v) is 3.56. The molecule has 0 aromatic carbocycles. The summed E-state index contributed by atoms with van der Waals surface area (Å²) >= 11 is 1.56. The first kappa shape index (κ1) is 15.3. The van der Waals surface area contributed by atoms with Crippen LogP contribution in [-0.4, -0.2) is 49.9 Å². The Bertz CT molecular complexity index is 335. The van der Waals surface area contributed by atoms with Crippen LogP contribution in [0.3, 0.4) is 0 Å². The lowest BCUT2D eigenvalue weighted by atomic mass is 10.3. The summed E-state index contributed by atoms with van der Waals surface area (Å²) in [5.74, 6) is 5.33. The minimum Gasteiger partial charge on any atom is -0.383 e. The molecule has 0 aliphatic rings. The van der Waals surface area contributed by atoms with Gasteiger partial charge in [0.15, 0.2) is 5.13 Å². The first-order valence-electron chi connectivity index (χ1n) is 5.84. The summed E-state index contributed by atoms with van der Waals surface area (Å²) in [7, 11) is 3.43. The maximum absolute atomic E-state index is 5.33. The van der Waals surface area contributed by atoms with Gasteiger partial charge in [0.1, 0.15) is 0 Å². The van der Waals surface area contributed by atoms with E-state index in [2.05, 4.69) is 22.2 Å². The summed E-state index contributed by atoms with van der Waals surface area (Å²) in [6, 6.07) is 0.335. The number of anilines is 1. The predicted octanol–water partition coefficient (Wildman–Crippen LogP) is 0.912. The third kappa shape index (κ3) is 4.87. The topological polar surface area (TPSA) is 72.6 Å². The second kappa shape index (κ2) is 8.39.